The number of amides is 1. The summed E-state index contributed by atoms with van der Waals surface area (Å²) in [5.74, 6) is 1.11. The molecule has 2 saturated carbocycles. The molecule has 2 N–H and O–H groups in total. The summed E-state index contributed by atoms with van der Waals surface area (Å²) >= 11 is 0. The lowest BCUT2D eigenvalue weighted by Crippen LogP contribution is -2.47. The number of nitrogens with zero attached hydrogens (tertiary/aromatic N) is 2. The lowest BCUT2D eigenvalue weighted by molar-refractivity contribution is -0.137. The van der Waals surface area contributed by atoms with Gasteiger partial charge in [0.1, 0.15) is 0 Å². The van der Waals surface area contributed by atoms with Crippen molar-refractivity contribution in [2.45, 2.75) is 62.6 Å². The highest BCUT2D eigenvalue weighted by molar-refractivity contribution is 14.0. The minimum Gasteiger partial charge on any atom is -0.356 e. The van der Waals surface area contributed by atoms with Crippen LogP contribution in [0.5, 0.6) is 0 Å². The first-order chi connectivity index (χ1) is 14.8. The fourth-order valence-corrected chi connectivity index (χ4v) is 4.89. The van der Waals surface area contributed by atoms with Crippen LogP contribution in [0.1, 0.15) is 56.1 Å². The molecule has 4 rings (SSSR count). The van der Waals surface area contributed by atoms with Crippen molar-refractivity contribution in [3.63, 3.8) is 0 Å². The van der Waals surface area contributed by atoms with Crippen LogP contribution < -0.4 is 10.6 Å². The number of aliphatic imine (C=N–C) groups is 1. The van der Waals surface area contributed by atoms with Gasteiger partial charge in [0.05, 0.1) is 5.56 Å². The molecule has 1 aromatic carbocycles. The van der Waals surface area contributed by atoms with Crippen LogP contribution in [0.2, 0.25) is 0 Å². The van der Waals surface area contributed by atoms with Gasteiger partial charge >= 0.3 is 6.18 Å². The zero-order chi connectivity index (χ0) is 22.1. The van der Waals surface area contributed by atoms with Crippen molar-refractivity contribution < 1.29 is 18.0 Å². The first-order valence-corrected chi connectivity index (χ1v) is 11.2. The zero-order valence-electron chi connectivity index (χ0n) is 18.4. The second-order valence-corrected chi connectivity index (χ2v) is 9.18. The van der Waals surface area contributed by atoms with E-state index >= 15 is 0 Å². The van der Waals surface area contributed by atoms with Crippen molar-refractivity contribution in [2.75, 3.05) is 26.7 Å². The molecule has 0 bridgehead atoms. The maximum Gasteiger partial charge on any atom is 0.416 e. The van der Waals surface area contributed by atoms with Gasteiger partial charge in [-0.3, -0.25) is 9.79 Å². The molecule has 9 heteroatoms. The number of hydrogen-bond donors (Lipinski definition) is 2. The first-order valence-electron chi connectivity index (χ1n) is 11.2. The Hall–Kier alpha value is -1.52. The van der Waals surface area contributed by atoms with Crippen molar-refractivity contribution in [3.8, 4) is 0 Å². The van der Waals surface area contributed by atoms with Gasteiger partial charge in [0, 0.05) is 44.1 Å². The fourth-order valence-electron chi connectivity index (χ4n) is 4.89. The van der Waals surface area contributed by atoms with Crippen LogP contribution >= 0.6 is 24.0 Å². The van der Waals surface area contributed by atoms with Crippen LogP contribution in [0.15, 0.2) is 29.3 Å². The Morgan fingerprint density at radius 2 is 1.94 bits per heavy atom. The van der Waals surface area contributed by atoms with Crippen LogP contribution in [0.3, 0.4) is 0 Å². The molecule has 1 saturated heterocycles. The lowest BCUT2D eigenvalue weighted by Gasteiger charge is -2.23. The average Bonchev–Trinajstić information content (AvgIpc) is 3.15. The molecule has 1 atom stereocenters. The standard InChI is InChI=1S/C23H31F3N4O.HI/c1-27-21(29-19-9-12-30(14-19)20(31)16-5-2-3-6-16)28-15-22(10-11-22)17-7-4-8-18(13-17)23(24,25)26;/h4,7-8,13,16,19H,2-3,5-6,9-12,14-15H2,1H3,(H2,27,28,29);1H. The molecule has 178 valence electrons. The largest absolute Gasteiger partial charge is 0.416 e. The Labute approximate surface area is 204 Å². The molecular weight excluding hydrogens is 532 g/mol. The van der Waals surface area contributed by atoms with E-state index in [1.807, 2.05) is 4.90 Å². The second-order valence-electron chi connectivity index (χ2n) is 9.18. The number of benzene rings is 1. The number of hydrogen-bond acceptors (Lipinski definition) is 2. The predicted molar refractivity (Wildman–Crippen MR) is 129 cm³/mol. The second kappa shape index (κ2) is 10.2. The van der Waals surface area contributed by atoms with E-state index in [2.05, 4.69) is 15.6 Å². The number of carbonyl (C=O) groups excluding carboxylic acids is 1. The van der Waals surface area contributed by atoms with Gasteiger partial charge in [0.15, 0.2) is 5.96 Å². The van der Waals surface area contributed by atoms with Crippen molar-refractivity contribution in [1.82, 2.24) is 15.5 Å². The van der Waals surface area contributed by atoms with Gasteiger partial charge in [-0.2, -0.15) is 13.2 Å². The summed E-state index contributed by atoms with van der Waals surface area (Å²) < 4.78 is 39.3. The van der Waals surface area contributed by atoms with Gasteiger partial charge in [-0.15, -0.1) is 24.0 Å². The molecule has 32 heavy (non-hydrogen) atoms. The van der Waals surface area contributed by atoms with Gasteiger partial charge in [-0.1, -0.05) is 31.0 Å². The summed E-state index contributed by atoms with van der Waals surface area (Å²) in [5.41, 5.74) is -0.157. The third-order valence-corrected chi connectivity index (χ3v) is 7.02. The number of nitrogens with one attached hydrogen (secondary N) is 2. The molecule has 1 aliphatic heterocycles. The van der Waals surface area contributed by atoms with Crippen molar-refractivity contribution in [1.29, 1.82) is 0 Å². The van der Waals surface area contributed by atoms with E-state index in [1.54, 1.807) is 13.1 Å². The fraction of sp³-hybridized carbons (Fsp3) is 0.652. The Kier molecular flexibility index (Phi) is 7.98. The summed E-state index contributed by atoms with van der Waals surface area (Å²) in [6.45, 7) is 1.97. The molecule has 0 spiro atoms. The van der Waals surface area contributed by atoms with Gasteiger partial charge in [-0.25, -0.2) is 0 Å². The van der Waals surface area contributed by atoms with Crippen molar-refractivity contribution >= 4 is 35.8 Å². The third-order valence-electron chi connectivity index (χ3n) is 7.02. The van der Waals surface area contributed by atoms with E-state index in [9.17, 15) is 18.0 Å². The molecule has 1 amide bonds. The normalized spacial score (nSPS) is 23.1. The average molecular weight is 564 g/mol. The number of carbonyl (C=O) groups is 1. The summed E-state index contributed by atoms with van der Waals surface area (Å²) in [4.78, 5) is 18.9. The number of likely N-dealkylation sites (tertiary alicyclic amines) is 1. The summed E-state index contributed by atoms with van der Waals surface area (Å²) in [5, 5.41) is 6.70. The number of halogens is 4. The molecule has 0 radical (unpaired) electrons. The Morgan fingerprint density at radius 1 is 1.22 bits per heavy atom. The topological polar surface area (TPSA) is 56.7 Å². The van der Waals surface area contributed by atoms with Crippen molar-refractivity contribution in [2.24, 2.45) is 10.9 Å². The highest BCUT2D eigenvalue weighted by Gasteiger charge is 2.45. The highest BCUT2D eigenvalue weighted by Crippen LogP contribution is 2.48. The minimum absolute atomic E-state index is 0. The summed E-state index contributed by atoms with van der Waals surface area (Å²) in [6, 6.07) is 5.80. The van der Waals surface area contributed by atoms with E-state index in [1.165, 1.54) is 12.1 Å². The van der Waals surface area contributed by atoms with Crippen LogP contribution in [-0.2, 0) is 16.4 Å². The van der Waals surface area contributed by atoms with E-state index in [0.29, 0.717) is 19.0 Å². The molecule has 3 fully saturated rings. The molecule has 5 nitrogen and oxygen atoms in total. The monoisotopic (exact) mass is 564 g/mol. The summed E-state index contributed by atoms with van der Waals surface area (Å²) in [7, 11) is 1.69. The Morgan fingerprint density at radius 3 is 2.56 bits per heavy atom. The van der Waals surface area contributed by atoms with Crippen LogP contribution in [0.4, 0.5) is 13.2 Å². The van der Waals surface area contributed by atoms with Gasteiger partial charge < -0.3 is 15.5 Å². The SMILES string of the molecule is CN=C(NCC1(c2cccc(C(F)(F)F)c2)CC1)NC1CCN(C(=O)C2CCCC2)C1.I. The molecular formula is C23H32F3IN4O. The van der Waals surface area contributed by atoms with E-state index in [-0.39, 0.29) is 47.3 Å². The highest BCUT2D eigenvalue weighted by atomic mass is 127. The Bertz CT molecular complexity index is 835. The maximum absolute atomic E-state index is 13.1. The van der Waals surface area contributed by atoms with E-state index in [4.69, 9.17) is 0 Å². The van der Waals surface area contributed by atoms with Gasteiger partial charge in [0.25, 0.3) is 0 Å². The van der Waals surface area contributed by atoms with Crippen LogP contribution in [-0.4, -0.2) is 49.5 Å². The van der Waals surface area contributed by atoms with E-state index in [0.717, 1.165) is 63.1 Å². The maximum atomic E-state index is 13.1. The van der Waals surface area contributed by atoms with Gasteiger partial charge in [0.2, 0.25) is 5.91 Å². The molecule has 1 aromatic rings. The smallest absolute Gasteiger partial charge is 0.356 e. The Balaban J connectivity index is 0.00000289. The van der Waals surface area contributed by atoms with E-state index < -0.39 is 11.7 Å². The number of guanidine groups is 1. The predicted octanol–water partition coefficient (Wildman–Crippen LogP) is 4.31. The molecule has 0 aromatic heterocycles. The number of alkyl halides is 3. The minimum atomic E-state index is -4.33. The first kappa shape index (κ1) is 25.1. The number of rotatable bonds is 5. The lowest BCUT2D eigenvalue weighted by atomic mass is 9.94. The van der Waals surface area contributed by atoms with Crippen LogP contribution in [0.25, 0.3) is 0 Å². The van der Waals surface area contributed by atoms with Crippen molar-refractivity contribution in [3.05, 3.63) is 35.4 Å². The molecule has 3 aliphatic rings. The molecule has 2 aliphatic carbocycles. The molecule has 1 heterocycles. The summed E-state index contributed by atoms with van der Waals surface area (Å²) in [6.07, 6.45) is 2.56. The third kappa shape index (κ3) is 5.69. The van der Waals surface area contributed by atoms with Gasteiger partial charge in [-0.05, 0) is 43.7 Å². The quantitative estimate of drug-likeness (QED) is 0.319. The van der Waals surface area contributed by atoms with Crippen LogP contribution in [0, 0.1) is 5.92 Å². The molecule has 1 unspecified atom stereocenters. The zero-order valence-corrected chi connectivity index (χ0v) is 20.7.